The molecule has 0 aliphatic heterocycles. The Labute approximate surface area is 209 Å². The summed E-state index contributed by atoms with van der Waals surface area (Å²) < 4.78 is 2.73. The first-order valence-corrected chi connectivity index (χ1v) is 15.0. The Bertz CT molecular complexity index is 979. The van der Waals surface area contributed by atoms with E-state index in [0.717, 1.165) is 6.42 Å². The Kier molecular flexibility index (Phi) is 8.96. The molecule has 1 atom stereocenters. The highest BCUT2D eigenvalue weighted by molar-refractivity contribution is 7.07. The van der Waals surface area contributed by atoms with Gasteiger partial charge in [0.25, 0.3) is 0 Å². The van der Waals surface area contributed by atoms with E-state index in [9.17, 15) is 0 Å². The van der Waals surface area contributed by atoms with Crippen molar-refractivity contribution in [3.05, 3.63) is 103 Å². The summed E-state index contributed by atoms with van der Waals surface area (Å²) in [6.45, 7) is 14.4. The van der Waals surface area contributed by atoms with E-state index in [2.05, 4.69) is 143 Å². The number of para-hydroxylation sites is 1. The number of allylic oxidation sites excluding steroid dienone is 1. The minimum Gasteiger partial charge on any atom is -0.366 e. The fourth-order valence-corrected chi connectivity index (χ4v) is 11.1. The van der Waals surface area contributed by atoms with Gasteiger partial charge in [-0.1, -0.05) is 139 Å². The van der Waals surface area contributed by atoms with Gasteiger partial charge in [-0.3, -0.25) is 0 Å². The van der Waals surface area contributed by atoms with Gasteiger partial charge in [0.2, 0.25) is 8.24 Å². The van der Waals surface area contributed by atoms with E-state index < -0.39 is 8.24 Å². The van der Waals surface area contributed by atoms with Crippen LogP contribution in [0, 0.1) is 5.92 Å². The lowest BCUT2D eigenvalue weighted by Gasteiger charge is -2.51. The van der Waals surface area contributed by atoms with Gasteiger partial charge in [0.1, 0.15) is 0 Å². The predicted molar refractivity (Wildman–Crippen MR) is 154 cm³/mol. The van der Waals surface area contributed by atoms with E-state index in [1.165, 1.54) is 35.3 Å². The molecule has 0 heterocycles. The van der Waals surface area contributed by atoms with Crippen LogP contribution in [0.4, 0.5) is 5.69 Å². The van der Waals surface area contributed by atoms with Crippen molar-refractivity contribution in [2.24, 2.45) is 5.92 Å². The molecule has 0 bridgehead atoms. The van der Waals surface area contributed by atoms with Gasteiger partial charge in [0.15, 0.2) is 0 Å². The number of nitrogens with zero attached hydrogens (tertiary/aromatic N) is 1. The van der Waals surface area contributed by atoms with Gasteiger partial charge in [-0.25, -0.2) is 0 Å². The molecular formula is C32H43NSi. The summed E-state index contributed by atoms with van der Waals surface area (Å²) in [7, 11) is -2.52. The fraction of sp³-hybridized carbons (Fsp3) is 0.375. The summed E-state index contributed by atoms with van der Waals surface area (Å²) in [5.41, 5.74) is 2.86. The molecule has 0 aliphatic rings. The third-order valence-corrected chi connectivity index (χ3v) is 12.7. The molecule has 1 nitrogen and oxygen atoms in total. The normalized spacial score (nSPS) is 13.5. The van der Waals surface area contributed by atoms with Crippen molar-refractivity contribution in [1.29, 1.82) is 0 Å². The second-order valence-electron chi connectivity index (χ2n) is 10.5. The number of benzene rings is 3. The monoisotopic (exact) mass is 469 g/mol. The standard InChI is InChI=1S/C32H43NSi/c1-7-18-27(3)28(19-8-2)26-33(29-20-12-9-13-21-29)34(32(4,5)6,30-22-14-10-15-23-30)31-24-16-11-17-25-31/h9-17,20-27H,7-8,18-19H2,1-6H3/b28-26-. The van der Waals surface area contributed by atoms with Crippen molar-refractivity contribution in [1.82, 2.24) is 0 Å². The molecule has 0 saturated heterocycles. The average molecular weight is 470 g/mol. The minimum absolute atomic E-state index is 0.0351. The van der Waals surface area contributed by atoms with E-state index in [-0.39, 0.29) is 5.04 Å². The van der Waals surface area contributed by atoms with Crippen molar-refractivity contribution < 1.29 is 0 Å². The Morgan fingerprint density at radius 3 is 1.65 bits per heavy atom. The lowest BCUT2D eigenvalue weighted by atomic mass is 9.94. The van der Waals surface area contributed by atoms with Crippen LogP contribution in [-0.4, -0.2) is 8.24 Å². The third kappa shape index (κ3) is 5.39. The van der Waals surface area contributed by atoms with Gasteiger partial charge < -0.3 is 4.57 Å². The lowest BCUT2D eigenvalue weighted by Crippen LogP contribution is -2.74. The molecule has 0 spiro atoms. The summed E-state index contributed by atoms with van der Waals surface area (Å²) in [6.07, 6.45) is 7.32. The molecule has 0 amide bonds. The van der Waals surface area contributed by atoms with Crippen LogP contribution >= 0.6 is 0 Å². The van der Waals surface area contributed by atoms with Crippen LogP contribution in [0.2, 0.25) is 5.04 Å². The smallest absolute Gasteiger partial charge is 0.230 e. The quantitative estimate of drug-likeness (QED) is 0.271. The summed E-state index contributed by atoms with van der Waals surface area (Å²) in [5, 5.41) is 2.94. The molecule has 0 aliphatic carbocycles. The zero-order valence-electron chi connectivity index (χ0n) is 22.1. The van der Waals surface area contributed by atoms with Crippen molar-refractivity contribution in [3.8, 4) is 0 Å². The summed E-state index contributed by atoms with van der Waals surface area (Å²) >= 11 is 0. The highest BCUT2D eigenvalue weighted by atomic mass is 28.3. The van der Waals surface area contributed by atoms with Crippen molar-refractivity contribution in [2.75, 3.05) is 4.57 Å². The Morgan fingerprint density at radius 2 is 1.24 bits per heavy atom. The first-order chi connectivity index (χ1) is 16.4. The maximum Gasteiger partial charge on any atom is 0.230 e. The molecule has 0 N–H and O–H groups in total. The van der Waals surface area contributed by atoms with Crippen LogP contribution in [0.5, 0.6) is 0 Å². The maximum absolute atomic E-state index is 2.73. The largest absolute Gasteiger partial charge is 0.366 e. The SMILES string of the molecule is CCC/C(=C/N(c1ccccc1)[Si](c1ccccc1)(c1ccccc1)C(C)(C)C)C(C)CCC. The first-order valence-electron chi connectivity index (χ1n) is 13.0. The average Bonchev–Trinajstić information content (AvgIpc) is 2.84. The minimum atomic E-state index is -2.52. The number of hydrogen-bond donors (Lipinski definition) is 0. The molecule has 2 heteroatoms. The molecule has 1 unspecified atom stereocenters. The molecular weight excluding hydrogens is 426 g/mol. The van der Waals surface area contributed by atoms with E-state index in [1.54, 1.807) is 5.57 Å². The topological polar surface area (TPSA) is 3.24 Å². The molecule has 180 valence electrons. The fourth-order valence-electron chi connectivity index (χ4n) is 5.50. The van der Waals surface area contributed by atoms with Gasteiger partial charge in [-0.15, -0.1) is 0 Å². The van der Waals surface area contributed by atoms with Crippen LogP contribution < -0.4 is 14.9 Å². The second-order valence-corrected chi connectivity index (χ2v) is 15.1. The predicted octanol–water partition coefficient (Wildman–Crippen LogP) is 8.17. The van der Waals surface area contributed by atoms with Crippen molar-refractivity contribution in [2.45, 2.75) is 72.3 Å². The van der Waals surface area contributed by atoms with Gasteiger partial charge in [0.05, 0.1) is 0 Å². The summed E-state index contributed by atoms with van der Waals surface area (Å²) in [5.74, 6) is 0.578. The van der Waals surface area contributed by atoms with Gasteiger partial charge in [0, 0.05) is 5.69 Å². The molecule has 0 saturated carbocycles. The molecule has 3 rings (SSSR count). The molecule has 0 aromatic heterocycles. The molecule has 3 aromatic rings. The second kappa shape index (κ2) is 11.7. The Hall–Kier alpha value is -2.58. The van der Waals surface area contributed by atoms with Crippen LogP contribution in [-0.2, 0) is 0 Å². The number of anilines is 1. The third-order valence-electron chi connectivity index (χ3n) is 7.05. The van der Waals surface area contributed by atoms with Gasteiger partial charge in [-0.05, 0) is 52.5 Å². The lowest BCUT2D eigenvalue weighted by molar-refractivity contribution is 0.573. The molecule has 0 radical (unpaired) electrons. The maximum atomic E-state index is 2.73. The summed E-state index contributed by atoms with van der Waals surface area (Å²) in [6, 6.07) is 33.7. The molecule has 34 heavy (non-hydrogen) atoms. The van der Waals surface area contributed by atoms with Gasteiger partial charge >= 0.3 is 0 Å². The molecule has 3 aromatic carbocycles. The first kappa shape index (κ1) is 26.0. The van der Waals surface area contributed by atoms with E-state index in [1.807, 2.05) is 0 Å². The van der Waals surface area contributed by atoms with Crippen LogP contribution in [0.25, 0.3) is 0 Å². The zero-order chi connectivity index (χ0) is 24.6. The highest BCUT2D eigenvalue weighted by Crippen LogP contribution is 2.41. The molecule has 0 fully saturated rings. The number of hydrogen-bond acceptors (Lipinski definition) is 1. The van der Waals surface area contributed by atoms with E-state index in [0.29, 0.717) is 5.92 Å². The van der Waals surface area contributed by atoms with Crippen LogP contribution in [0.15, 0.2) is 103 Å². The van der Waals surface area contributed by atoms with Crippen molar-refractivity contribution >= 4 is 24.3 Å². The highest BCUT2D eigenvalue weighted by Gasteiger charge is 2.53. The summed E-state index contributed by atoms with van der Waals surface area (Å²) in [4.78, 5) is 0. The van der Waals surface area contributed by atoms with Crippen molar-refractivity contribution in [3.63, 3.8) is 0 Å². The van der Waals surface area contributed by atoms with Crippen LogP contribution in [0.1, 0.15) is 67.2 Å². The Morgan fingerprint density at radius 1 is 0.765 bits per heavy atom. The van der Waals surface area contributed by atoms with Gasteiger partial charge in [-0.2, -0.15) is 0 Å². The Balaban J connectivity index is 2.43. The van der Waals surface area contributed by atoms with Crippen LogP contribution in [0.3, 0.4) is 0 Å². The van der Waals surface area contributed by atoms with E-state index >= 15 is 0 Å². The zero-order valence-corrected chi connectivity index (χ0v) is 23.1. The van der Waals surface area contributed by atoms with E-state index in [4.69, 9.17) is 0 Å². The number of rotatable bonds is 10.